The number of hydrogen-bond acceptors (Lipinski definition) is 5. The first kappa shape index (κ1) is 66.9. The molecule has 68 heavy (non-hydrogen) atoms. The molecule has 0 bridgehead atoms. The fourth-order valence-corrected chi connectivity index (χ4v) is 10.1. The lowest BCUT2D eigenvalue weighted by atomic mass is 10.0. The van der Waals surface area contributed by atoms with Crippen molar-refractivity contribution in [2.75, 3.05) is 13.2 Å². The van der Waals surface area contributed by atoms with E-state index in [0.29, 0.717) is 25.9 Å². The standard InChI is InChI=1S/C62H123NO5/c1-3-5-7-9-11-13-15-17-19-22-26-30-34-38-42-46-50-54-60(65)59(58-64)63-61(66)55-51-47-43-39-35-31-27-24-21-25-29-33-37-41-45-49-53-57-68-62(67)56-52-48-44-40-36-32-28-23-20-18-16-14-12-10-8-6-4-2/h59-60,64-65H,3-58H2,1-2H3,(H,63,66). The van der Waals surface area contributed by atoms with Crippen molar-refractivity contribution < 1.29 is 24.5 Å². The molecule has 0 fully saturated rings. The molecule has 2 atom stereocenters. The molecule has 6 nitrogen and oxygen atoms in total. The Morgan fingerprint density at radius 3 is 0.897 bits per heavy atom. The predicted molar refractivity (Wildman–Crippen MR) is 297 cm³/mol. The molecule has 0 rings (SSSR count). The Bertz CT molecular complexity index is 975. The van der Waals surface area contributed by atoms with Crippen LogP contribution in [0.4, 0.5) is 0 Å². The monoisotopic (exact) mass is 962 g/mol. The first-order valence-electron chi connectivity index (χ1n) is 31.3. The van der Waals surface area contributed by atoms with Gasteiger partial charge in [0.25, 0.3) is 0 Å². The Labute approximate surface area is 426 Å². The van der Waals surface area contributed by atoms with Gasteiger partial charge in [0.2, 0.25) is 5.91 Å². The molecule has 3 N–H and O–H groups in total. The van der Waals surface area contributed by atoms with Gasteiger partial charge in [-0.25, -0.2) is 0 Å². The maximum absolute atomic E-state index is 12.5. The molecule has 406 valence electrons. The molecule has 0 aromatic rings. The fraction of sp³-hybridized carbons (Fsp3) is 0.968. The number of nitrogens with one attached hydrogen (secondary N) is 1. The van der Waals surface area contributed by atoms with Crippen LogP contribution >= 0.6 is 0 Å². The minimum atomic E-state index is -0.667. The van der Waals surface area contributed by atoms with E-state index in [1.165, 1.54) is 289 Å². The van der Waals surface area contributed by atoms with E-state index in [9.17, 15) is 19.8 Å². The van der Waals surface area contributed by atoms with Crippen molar-refractivity contribution in [3.05, 3.63) is 0 Å². The quantitative estimate of drug-likeness (QED) is 0.0417. The van der Waals surface area contributed by atoms with Crippen LogP contribution in [0.25, 0.3) is 0 Å². The highest BCUT2D eigenvalue weighted by Crippen LogP contribution is 2.19. The van der Waals surface area contributed by atoms with Gasteiger partial charge in [-0.3, -0.25) is 9.59 Å². The third kappa shape index (κ3) is 54.2. The second-order valence-corrected chi connectivity index (χ2v) is 21.8. The zero-order valence-corrected chi connectivity index (χ0v) is 46.4. The van der Waals surface area contributed by atoms with Crippen LogP contribution in [0.3, 0.4) is 0 Å². The Hall–Kier alpha value is -1.14. The highest BCUT2D eigenvalue weighted by Gasteiger charge is 2.20. The molecule has 0 aliphatic rings. The molecule has 6 heteroatoms. The largest absolute Gasteiger partial charge is 0.466 e. The minimum absolute atomic E-state index is 0.0106. The molecule has 0 aromatic heterocycles. The van der Waals surface area contributed by atoms with Crippen molar-refractivity contribution in [1.82, 2.24) is 5.32 Å². The number of amides is 1. The van der Waals surface area contributed by atoms with Gasteiger partial charge in [0.1, 0.15) is 0 Å². The molecule has 0 aromatic carbocycles. The molecule has 0 saturated carbocycles. The number of esters is 1. The molecular weight excluding hydrogens is 839 g/mol. The lowest BCUT2D eigenvalue weighted by Crippen LogP contribution is -2.45. The maximum Gasteiger partial charge on any atom is 0.305 e. The van der Waals surface area contributed by atoms with Crippen LogP contribution in [0.5, 0.6) is 0 Å². The first-order valence-corrected chi connectivity index (χ1v) is 31.3. The molecule has 0 saturated heterocycles. The second-order valence-electron chi connectivity index (χ2n) is 21.8. The van der Waals surface area contributed by atoms with Gasteiger partial charge in [-0.05, 0) is 25.7 Å². The van der Waals surface area contributed by atoms with Crippen LogP contribution in [-0.4, -0.2) is 47.4 Å². The van der Waals surface area contributed by atoms with E-state index in [-0.39, 0.29) is 18.5 Å². The van der Waals surface area contributed by atoms with Gasteiger partial charge >= 0.3 is 5.97 Å². The molecule has 0 aliphatic heterocycles. The van der Waals surface area contributed by atoms with Crippen LogP contribution < -0.4 is 5.32 Å². The van der Waals surface area contributed by atoms with E-state index in [1.54, 1.807) is 0 Å². The van der Waals surface area contributed by atoms with E-state index in [1.807, 2.05) is 0 Å². The molecule has 0 spiro atoms. The van der Waals surface area contributed by atoms with E-state index < -0.39 is 12.1 Å². The zero-order valence-electron chi connectivity index (χ0n) is 46.4. The smallest absolute Gasteiger partial charge is 0.305 e. The third-order valence-electron chi connectivity index (χ3n) is 14.9. The van der Waals surface area contributed by atoms with Gasteiger partial charge in [-0.2, -0.15) is 0 Å². The van der Waals surface area contributed by atoms with Gasteiger partial charge in [-0.15, -0.1) is 0 Å². The summed E-state index contributed by atoms with van der Waals surface area (Å²) >= 11 is 0. The molecular formula is C62H123NO5. The van der Waals surface area contributed by atoms with Crippen molar-refractivity contribution in [1.29, 1.82) is 0 Å². The number of hydrogen-bond donors (Lipinski definition) is 3. The lowest BCUT2D eigenvalue weighted by molar-refractivity contribution is -0.143. The summed E-state index contributed by atoms with van der Waals surface area (Å²) in [4.78, 5) is 24.6. The van der Waals surface area contributed by atoms with Crippen LogP contribution in [0.15, 0.2) is 0 Å². The summed E-state index contributed by atoms with van der Waals surface area (Å²) in [7, 11) is 0. The second kappa shape index (κ2) is 58.4. The predicted octanol–water partition coefficient (Wildman–Crippen LogP) is 19.5. The summed E-state index contributed by atoms with van der Waals surface area (Å²) in [5.74, 6) is -0.0257. The SMILES string of the molecule is CCCCCCCCCCCCCCCCCCCC(=O)OCCCCCCCCCCCCCCCCCCCC(=O)NC(CO)C(O)CCCCCCCCCCCCCCCCCCC. The highest BCUT2D eigenvalue weighted by molar-refractivity contribution is 5.76. The van der Waals surface area contributed by atoms with Crippen molar-refractivity contribution in [2.45, 2.75) is 373 Å². The molecule has 2 unspecified atom stereocenters. The third-order valence-corrected chi connectivity index (χ3v) is 14.9. The van der Waals surface area contributed by atoms with Gasteiger partial charge in [-0.1, -0.05) is 322 Å². The van der Waals surface area contributed by atoms with Crippen LogP contribution in [0.2, 0.25) is 0 Å². The van der Waals surface area contributed by atoms with E-state index in [2.05, 4.69) is 19.2 Å². The maximum atomic E-state index is 12.5. The van der Waals surface area contributed by atoms with Gasteiger partial charge in [0.05, 0.1) is 25.4 Å². The van der Waals surface area contributed by atoms with Crippen molar-refractivity contribution in [2.24, 2.45) is 0 Å². The zero-order chi connectivity index (χ0) is 49.3. The van der Waals surface area contributed by atoms with Gasteiger partial charge in [0, 0.05) is 12.8 Å². The van der Waals surface area contributed by atoms with E-state index in [0.717, 1.165) is 38.5 Å². The van der Waals surface area contributed by atoms with Crippen LogP contribution in [0, 0.1) is 0 Å². The minimum Gasteiger partial charge on any atom is -0.466 e. The Kier molecular flexibility index (Phi) is 57.5. The van der Waals surface area contributed by atoms with Gasteiger partial charge in [0.15, 0.2) is 0 Å². The highest BCUT2D eigenvalue weighted by atomic mass is 16.5. The number of unbranched alkanes of at least 4 members (excludes halogenated alkanes) is 48. The number of rotatable bonds is 59. The topological polar surface area (TPSA) is 95.9 Å². The fourth-order valence-electron chi connectivity index (χ4n) is 10.1. The Balaban J connectivity index is 3.38. The molecule has 0 aliphatic carbocycles. The number of aliphatic hydroxyl groups excluding tert-OH is 2. The summed E-state index contributed by atoms with van der Waals surface area (Å²) in [6.07, 6.45) is 68.2. The number of carbonyl (C=O) groups is 2. The van der Waals surface area contributed by atoms with Gasteiger partial charge < -0.3 is 20.3 Å². The molecule has 0 radical (unpaired) electrons. The van der Waals surface area contributed by atoms with Crippen LogP contribution in [0.1, 0.15) is 361 Å². The summed E-state index contributed by atoms with van der Waals surface area (Å²) < 4.78 is 5.50. The van der Waals surface area contributed by atoms with Crippen molar-refractivity contribution >= 4 is 11.9 Å². The number of carbonyl (C=O) groups excluding carboxylic acids is 2. The van der Waals surface area contributed by atoms with E-state index in [4.69, 9.17) is 4.74 Å². The summed E-state index contributed by atoms with van der Waals surface area (Å²) in [6, 6.07) is -0.544. The van der Waals surface area contributed by atoms with Crippen LogP contribution in [-0.2, 0) is 14.3 Å². The average Bonchev–Trinajstić information content (AvgIpc) is 3.34. The Morgan fingerprint density at radius 1 is 0.353 bits per heavy atom. The summed E-state index contributed by atoms with van der Waals surface area (Å²) in [5, 5.41) is 23.3. The molecule has 1 amide bonds. The lowest BCUT2D eigenvalue weighted by Gasteiger charge is -2.22. The Morgan fingerprint density at radius 2 is 0.603 bits per heavy atom. The van der Waals surface area contributed by atoms with E-state index >= 15 is 0 Å². The summed E-state index contributed by atoms with van der Waals surface area (Å²) in [5.41, 5.74) is 0. The number of ether oxygens (including phenoxy) is 1. The normalized spacial score (nSPS) is 12.5. The first-order chi connectivity index (χ1) is 33.5. The summed E-state index contributed by atoms with van der Waals surface area (Å²) in [6.45, 7) is 4.98. The van der Waals surface area contributed by atoms with Crippen molar-refractivity contribution in [3.8, 4) is 0 Å². The number of aliphatic hydroxyl groups is 2. The molecule has 0 heterocycles. The van der Waals surface area contributed by atoms with Crippen molar-refractivity contribution in [3.63, 3.8) is 0 Å². The average molecular weight is 963 g/mol.